The second-order valence-corrected chi connectivity index (χ2v) is 5.24. The first-order chi connectivity index (χ1) is 10.7. The van der Waals surface area contributed by atoms with Crippen LogP contribution in [0, 0.1) is 6.92 Å². The Labute approximate surface area is 129 Å². The monoisotopic (exact) mass is 319 g/mol. The van der Waals surface area contributed by atoms with Gasteiger partial charge in [-0.2, -0.15) is 0 Å². The second kappa shape index (κ2) is 6.35. The van der Waals surface area contributed by atoms with Gasteiger partial charge < -0.3 is 9.84 Å². The lowest BCUT2D eigenvalue weighted by Gasteiger charge is -2.02. The number of aromatic nitrogens is 5. The van der Waals surface area contributed by atoms with Crippen LogP contribution in [-0.2, 0) is 13.1 Å². The standard InChI is InChI=1S/C12H13N7O2S/c1-8-2-11(17-21-8)15-12(20)13-3-9-4-19(18-16-9)5-10-6-22-7-14-10/h2,4,6-7H,3,5H2,1H3,(H2,13,15,17,20). The van der Waals surface area contributed by atoms with E-state index in [9.17, 15) is 4.79 Å². The summed E-state index contributed by atoms with van der Waals surface area (Å²) in [6.07, 6.45) is 1.76. The van der Waals surface area contributed by atoms with E-state index in [-0.39, 0.29) is 12.6 Å². The van der Waals surface area contributed by atoms with Crippen LogP contribution in [-0.4, -0.2) is 31.2 Å². The fourth-order valence-electron chi connectivity index (χ4n) is 1.74. The Morgan fingerprint density at radius 3 is 3.09 bits per heavy atom. The van der Waals surface area contributed by atoms with Crippen molar-refractivity contribution >= 4 is 23.2 Å². The van der Waals surface area contributed by atoms with Crippen molar-refractivity contribution < 1.29 is 9.32 Å². The first kappa shape index (κ1) is 14.2. The lowest BCUT2D eigenvalue weighted by Crippen LogP contribution is -2.28. The van der Waals surface area contributed by atoms with E-state index in [4.69, 9.17) is 4.52 Å². The Morgan fingerprint density at radius 1 is 1.45 bits per heavy atom. The third-order valence-corrected chi connectivity index (χ3v) is 3.33. The fourth-order valence-corrected chi connectivity index (χ4v) is 2.28. The summed E-state index contributed by atoms with van der Waals surface area (Å²) in [6, 6.07) is 1.24. The van der Waals surface area contributed by atoms with E-state index < -0.39 is 0 Å². The van der Waals surface area contributed by atoms with Crippen LogP contribution in [0.1, 0.15) is 17.1 Å². The van der Waals surface area contributed by atoms with Crippen LogP contribution in [0.3, 0.4) is 0 Å². The van der Waals surface area contributed by atoms with Gasteiger partial charge in [0.2, 0.25) is 0 Å². The van der Waals surface area contributed by atoms with Gasteiger partial charge in [0, 0.05) is 11.4 Å². The molecule has 0 fully saturated rings. The van der Waals surface area contributed by atoms with E-state index in [2.05, 4.69) is 31.1 Å². The summed E-state index contributed by atoms with van der Waals surface area (Å²) < 4.78 is 6.53. The molecule has 0 aliphatic carbocycles. The molecule has 0 saturated heterocycles. The van der Waals surface area contributed by atoms with Gasteiger partial charge >= 0.3 is 6.03 Å². The van der Waals surface area contributed by atoms with Crippen molar-refractivity contribution in [3.05, 3.63) is 40.3 Å². The van der Waals surface area contributed by atoms with Crippen LogP contribution in [0.4, 0.5) is 10.6 Å². The summed E-state index contributed by atoms with van der Waals surface area (Å²) in [6.45, 7) is 2.57. The number of carbonyl (C=O) groups excluding carboxylic acids is 1. The zero-order valence-electron chi connectivity index (χ0n) is 11.7. The maximum atomic E-state index is 11.7. The zero-order chi connectivity index (χ0) is 15.4. The van der Waals surface area contributed by atoms with E-state index in [0.29, 0.717) is 23.8 Å². The first-order valence-corrected chi connectivity index (χ1v) is 7.37. The molecule has 0 aromatic carbocycles. The van der Waals surface area contributed by atoms with Gasteiger partial charge in [0.1, 0.15) is 11.5 Å². The molecule has 114 valence electrons. The average molecular weight is 319 g/mol. The van der Waals surface area contributed by atoms with Gasteiger partial charge in [-0.25, -0.2) is 14.5 Å². The number of amides is 2. The predicted octanol–water partition coefficient (Wildman–Crippen LogP) is 1.40. The van der Waals surface area contributed by atoms with Crippen LogP contribution in [0.25, 0.3) is 0 Å². The van der Waals surface area contributed by atoms with Crippen molar-refractivity contribution in [2.45, 2.75) is 20.0 Å². The van der Waals surface area contributed by atoms with Crippen molar-refractivity contribution in [3.63, 3.8) is 0 Å². The van der Waals surface area contributed by atoms with Gasteiger partial charge in [-0.05, 0) is 6.92 Å². The molecule has 3 rings (SSSR count). The van der Waals surface area contributed by atoms with Crippen molar-refractivity contribution in [3.8, 4) is 0 Å². The fraction of sp³-hybridized carbons (Fsp3) is 0.250. The largest absolute Gasteiger partial charge is 0.360 e. The maximum absolute atomic E-state index is 11.7. The highest BCUT2D eigenvalue weighted by Crippen LogP contribution is 2.06. The molecule has 0 bridgehead atoms. The molecule has 2 amide bonds. The quantitative estimate of drug-likeness (QED) is 0.735. The number of nitrogens with zero attached hydrogens (tertiary/aromatic N) is 5. The van der Waals surface area contributed by atoms with Gasteiger partial charge in [-0.15, -0.1) is 16.4 Å². The van der Waals surface area contributed by atoms with E-state index in [1.807, 2.05) is 5.38 Å². The lowest BCUT2D eigenvalue weighted by atomic mass is 10.4. The van der Waals surface area contributed by atoms with E-state index in [0.717, 1.165) is 5.69 Å². The molecule has 2 N–H and O–H groups in total. The molecular formula is C12H13N7O2S. The van der Waals surface area contributed by atoms with Crippen LogP contribution in [0.2, 0.25) is 0 Å². The molecule has 9 nitrogen and oxygen atoms in total. The summed E-state index contributed by atoms with van der Waals surface area (Å²) in [5.41, 5.74) is 3.35. The topological polar surface area (TPSA) is 111 Å². The summed E-state index contributed by atoms with van der Waals surface area (Å²) in [7, 11) is 0. The van der Waals surface area contributed by atoms with Crippen LogP contribution < -0.4 is 10.6 Å². The number of anilines is 1. The smallest absolute Gasteiger partial charge is 0.320 e. The first-order valence-electron chi connectivity index (χ1n) is 6.43. The number of hydrogen-bond acceptors (Lipinski definition) is 7. The predicted molar refractivity (Wildman–Crippen MR) is 78.3 cm³/mol. The number of aryl methyl sites for hydroxylation is 1. The molecule has 0 spiro atoms. The Bertz CT molecular complexity index is 749. The molecule has 3 aromatic heterocycles. The highest BCUT2D eigenvalue weighted by molar-refractivity contribution is 7.07. The van der Waals surface area contributed by atoms with E-state index >= 15 is 0 Å². The van der Waals surface area contributed by atoms with Crippen molar-refractivity contribution in [2.75, 3.05) is 5.32 Å². The summed E-state index contributed by atoms with van der Waals surface area (Å²) in [4.78, 5) is 15.9. The maximum Gasteiger partial charge on any atom is 0.320 e. The van der Waals surface area contributed by atoms with E-state index in [1.165, 1.54) is 11.3 Å². The van der Waals surface area contributed by atoms with Crippen molar-refractivity contribution in [1.82, 2.24) is 30.5 Å². The molecule has 0 aliphatic heterocycles. The van der Waals surface area contributed by atoms with Gasteiger partial charge in [-0.1, -0.05) is 10.4 Å². The zero-order valence-corrected chi connectivity index (χ0v) is 12.5. The molecule has 3 heterocycles. The number of carbonyl (C=O) groups is 1. The van der Waals surface area contributed by atoms with Gasteiger partial charge in [0.05, 0.1) is 30.5 Å². The highest BCUT2D eigenvalue weighted by atomic mass is 32.1. The normalized spacial score (nSPS) is 10.6. The Morgan fingerprint density at radius 2 is 2.36 bits per heavy atom. The molecule has 3 aromatic rings. The van der Waals surface area contributed by atoms with Crippen molar-refractivity contribution in [2.24, 2.45) is 0 Å². The van der Waals surface area contributed by atoms with Crippen LogP contribution in [0.5, 0.6) is 0 Å². The van der Waals surface area contributed by atoms with Crippen molar-refractivity contribution in [1.29, 1.82) is 0 Å². The van der Waals surface area contributed by atoms with Gasteiger partial charge in [0.15, 0.2) is 5.82 Å². The molecule has 10 heteroatoms. The number of thiazole rings is 1. The molecule has 22 heavy (non-hydrogen) atoms. The Balaban J connectivity index is 1.49. The molecule has 0 unspecified atom stereocenters. The molecule has 0 radical (unpaired) electrons. The minimum absolute atomic E-state index is 0.264. The van der Waals surface area contributed by atoms with Gasteiger partial charge in [0.25, 0.3) is 0 Å². The minimum atomic E-state index is -0.387. The van der Waals surface area contributed by atoms with E-state index in [1.54, 1.807) is 29.4 Å². The minimum Gasteiger partial charge on any atom is -0.360 e. The summed E-state index contributed by atoms with van der Waals surface area (Å²) in [5.74, 6) is 0.988. The SMILES string of the molecule is Cc1cc(NC(=O)NCc2cn(Cc3cscn3)nn2)no1. The second-order valence-electron chi connectivity index (χ2n) is 4.52. The van der Waals surface area contributed by atoms with Gasteiger partial charge in [-0.3, -0.25) is 5.32 Å². The number of urea groups is 1. The third-order valence-electron chi connectivity index (χ3n) is 2.69. The number of hydrogen-bond donors (Lipinski definition) is 2. The highest BCUT2D eigenvalue weighted by Gasteiger charge is 2.07. The van der Waals surface area contributed by atoms with Crippen LogP contribution >= 0.6 is 11.3 Å². The van der Waals surface area contributed by atoms with Crippen LogP contribution in [0.15, 0.2) is 27.7 Å². The number of nitrogens with one attached hydrogen (secondary N) is 2. The Hall–Kier alpha value is -2.75. The molecular weight excluding hydrogens is 306 g/mol. The lowest BCUT2D eigenvalue weighted by molar-refractivity contribution is 0.251. The summed E-state index contributed by atoms with van der Waals surface area (Å²) in [5, 5.41) is 18.8. The third kappa shape index (κ3) is 3.67. The number of rotatable bonds is 5. The average Bonchev–Trinajstić information content (AvgIpc) is 3.21. The Kier molecular flexibility index (Phi) is 4.10. The summed E-state index contributed by atoms with van der Waals surface area (Å²) >= 11 is 1.53. The molecule has 0 aliphatic rings. The molecule has 0 saturated carbocycles. The molecule has 0 atom stereocenters.